The highest BCUT2D eigenvalue weighted by atomic mass is 32.2. The number of aromatic nitrogens is 3. The zero-order valence-electron chi connectivity index (χ0n) is 18.1. The third kappa shape index (κ3) is 3.41. The summed E-state index contributed by atoms with van der Waals surface area (Å²) in [5.41, 5.74) is 4.04. The van der Waals surface area contributed by atoms with Gasteiger partial charge in [0.05, 0.1) is 28.6 Å². The molecule has 0 saturated heterocycles. The van der Waals surface area contributed by atoms with Gasteiger partial charge in [0.2, 0.25) is 5.91 Å². The van der Waals surface area contributed by atoms with Crippen molar-refractivity contribution in [3.63, 3.8) is 0 Å². The van der Waals surface area contributed by atoms with Crippen LogP contribution in [0, 0.1) is 0 Å². The summed E-state index contributed by atoms with van der Waals surface area (Å²) in [6, 6.07) is 16.3. The number of fused-ring (bicyclic) bond motifs is 5. The first-order valence-electron chi connectivity index (χ1n) is 10.7. The third-order valence-electron chi connectivity index (χ3n) is 6.02. The van der Waals surface area contributed by atoms with E-state index in [0.29, 0.717) is 5.75 Å². The van der Waals surface area contributed by atoms with Gasteiger partial charge in [-0.2, -0.15) is 0 Å². The number of thioether (sulfide) groups is 1. The molecule has 6 rings (SSSR count). The minimum atomic E-state index is 0.0984. The molecular formula is C25H20N4O2S2. The number of amides is 1. The minimum absolute atomic E-state index is 0.0984. The van der Waals surface area contributed by atoms with Crippen LogP contribution in [0.5, 0.6) is 5.75 Å². The van der Waals surface area contributed by atoms with Crippen molar-refractivity contribution in [1.82, 2.24) is 15.0 Å². The highest BCUT2D eigenvalue weighted by Gasteiger charge is 2.30. The van der Waals surface area contributed by atoms with Crippen molar-refractivity contribution in [3.8, 4) is 5.75 Å². The van der Waals surface area contributed by atoms with E-state index in [4.69, 9.17) is 9.72 Å². The van der Waals surface area contributed by atoms with Crippen molar-refractivity contribution in [2.45, 2.75) is 24.4 Å². The second kappa shape index (κ2) is 7.97. The number of hydrogen-bond acceptors (Lipinski definition) is 7. The lowest BCUT2D eigenvalue weighted by molar-refractivity contribution is -0.116. The molecule has 2 aromatic carbocycles. The maximum absolute atomic E-state index is 13.2. The second-order valence-corrected chi connectivity index (χ2v) is 10.1. The minimum Gasteiger partial charge on any atom is -0.497 e. The molecule has 1 atom stereocenters. The first-order chi connectivity index (χ1) is 16.1. The van der Waals surface area contributed by atoms with Gasteiger partial charge < -0.3 is 9.64 Å². The molecule has 164 valence electrons. The molecule has 1 aliphatic rings. The zero-order valence-corrected chi connectivity index (χ0v) is 19.7. The van der Waals surface area contributed by atoms with Crippen LogP contribution < -0.4 is 9.64 Å². The number of anilines is 1. The summed E-state index contributed by atoms with van der Waals surface area (Å²) in [5.74, 6) is 1.22. The lowest BCUT2D eigenvalue weighted by Crippen LogP contribution is -2.36. The van der Waals surface area contributed by atoms with Crippen LogP contribution in [0.2, 0.25) is 0 Å². The van der Waals surface area contributed by atoms with Gasteiger partial charge in [0, 0.05) is 22.5 Å². The predicted molar refractivity (Wildman–Crippen MR) is 135 cm³/mol. The molecule has 0 saturated carbocycles. The maximum atomic E-state index is 13.2. The molecular weight excluding hydrogens is 452 g/mol. The summed E-state index contributed by atoms with van der Waals surface area (Å²) in [7, 11) is 1.66. The summed E-state index contributed by atoms with van der Waals surface area (Å²) in [4.78, 5) is 29.9. The summed E-state index contributed by atoms with van der Waals surface area (Å²) >= 11 is 3.04. The number of hydrogen-bond donors (Lipinski definition) is 0. The van der Waals surface area contributed by atoms with Gasteiger partial charge in [-0.05, 0) is 49.2 Å². The number of ether oxygens (including phenoxy) is 1. The monoisotopic (exact) mass is 472 g/mol. The Morgan fingerprint density at radius 3 is 2.97 bits per heavy atom. The van der Waals surface area contributed by atoms with Crippen molar-refractivity contribution in [1.29, 1.82) is 0 Å². The van der Waals surface area contributed by atoms with E-state index in [2.05, 4.69) is 29.0 Å². The molecule has 1 aliphatic heterocycles. The molecule has 0 N–H and O–H groups in total. The fourth-order valence-electron chi connectivity index (χ4n) is 4.50. The Morgan fingerprint density at radius 1 is 1.21 bits per heavy atom. The number of carbonyl (C=O) groups excluding carboxylic acids is 1. The van der Waals surface area contributed by atoms with E-state index in [1.165, 1.54) is 17.3 Å². The molecule has 0 bridgehead atoms. The normalized spacial score (nSPS) is 15.5. The van der Waals surface area contributed by atoms with E-state index in [0.717, 1.165) is 54.2 Å². The van der Waals surface area contributed by atoms with Crippen LogP contribution in [0.1, 0.15) is 12.5 Å². The molecule has 5 aromatic rings. The van der Waals surface area contributed by atoms with Crippen LogP contribution in [-0.4, -0.2) is 39.8 Å². The van der Waals surface area contributed by atoms with Gasteiger partial charge in [-0.15, -0.1) is 11.3 Å². The third-order valence-corrected chi connectivity index (χ3v) is 8.22. The molecule has 0 spiro atoms. The smallest absolute Gasteiger partial charge is 0.237 e. The van der Waals surface area contributed by atoms with E-state index in [1.54, 1.807) is 24.8 Å². The fourth-order valence-corrected chi connectivity index (χ4v) is 6.55. The van der Waals surface area contributed by atoms with E-state index < -0.39 is 0 Å². The fraction of sp³-hybridized carbons (Fsp3) is 0.200. The molecule has 0 unspecified atom stereocenters. The van der Waals surface area contributed by atoms with Crippen molar-refractivity contribution < 1.29 is 9.53 Å². The van der Waals surface area contributed by atoms with E-state index in [1.807, 2.05) is 41.3 Å². The number of rotatable bonds is 4. The molecule has 0 radical (unpaired) electrons. The predicted octanol–water partition coefficient (Wildman–Crippen LogP) is 5.47. The van der Waals surface area contributed by atoms with E-state index in [9.17, 15) is 4.79 Å². The number of para-hydroxylation sites is 1. The lowest BCUT2D eigenvalue weighted by atomic mass is 10.1. The number of methoxy groups -OCH3 is 1. The highest BCUT2D eigenvalue weighted by Crippen LogP contribution is 2.39. The Labute approximate surface area is 198 Å². The second-order valence-electron chi connectivity index (χ2n) is 8.09. The van der Waals surface area contributed by atoms with E-state index >= 15 is 0 Å². The summed E-state index contributed by atoms with van der Waals surface area (Å²) in [5, 5.41) is 2.82. The summed E-state index contributed by atoms with van der Waals surface area (Å²) in [6.07, 6.45) is 2.47. The van der Waals surface area contributed by atoms with Crippen molar-refractivity contribution in [3.05, 3.63) is 60.4 Å². The standard InChI is InChI=1S/C25H20N4O2S2/c1-14-9-15-5-3-4-6-20(15)29(14)21(30)12-32-25-23-22(26-13-27-25)18-11-16-10-17(31-2)7-8-19(16)28-24(18)33-23/h3-8,10-11,13-14H,9,12H2,1-2H3/t14-/m1/s1. The Kier molecular flexibility index (Phi) is 4.92. The molecule has 4 heterocycles. The summed E-state index contributed by atoms with van der Waals surface area (Å²) in [6.45, 7) is 2.10. The molecule has 6 nitrogen and oxygen atoms in total. The van der Waals surface area contributed by atoms with Gasteiger partial charge in [0.15, 0.2) is 0 Å². The van der Waals surface area contributed by atoms with Crippen LogP contribution in [0.4, 0.5) is 5.69 Å². The van der Waals surface area contributed by atoms with Gasteiger partial charge in [-0.25, -0.2) is 15.0 Å². The molecule has 0 fully saturated rings. The first-order valence-corrected chi connectivity index (χ1v) is 12.5. The Bertz CT molecular complexity index is 1550. The van der Waals surface area contributed by atoms with Gasteiger partial charge in [0.25, 0.3) is 0 Å². The SMILES string of the molecule is COc1ccc2nc3sc4c(SCC(=O)N5c6ccccc6C[C@H]5C)ncnc4c3cc2c1. The largest absolute Gasteiger partial charge is 0.497 e. The number of benzene rings is 2. The molecule has 0 aliphatic carbocycles. The van der Waals surface area contributed by atoms with Crippen molar-refractivity contribution >= 4 is 66.0 Å². The first kappa shape index (κ1) is 20.4. The molecule has 1 amide bonds. The molecule has 33 heavy (non-hydrogen) atoms. The lowest BCUT2D eigenvalue weighted by Gasteiger charge is -2.22. The topological polar surface area (TPSA) is 68.2 Å². The maximum Gasteiger partial charge on any atom is 0.237 e. The average molecular weight is 473 g/mol. The number of nitrogens with zero attached hydrogens (tertiary/aromatic N) is 4. The molecule has 3 aromatic heterocycles. The van der Waals surface area contributed by atoms with Crippen LogP contribution in [0.25, 0.3) is 31.3 Å². The van der Waals surface area contributed by atoms with Crippen LogP contribution >= 0.6 is 23.1 Å². The number of pyridine rings is 1. The van der Waals surface area contributed by atoms with Crippen LogP contribution in [0.15, 0.2) is 59.9 Å². The van der Waals surface area contributed by atoms with Gasteiger partial charge in [0.1, 0.15) is 21.9 Å². The Hall–Kier alpha value is -3.23. The molecule has 8 heteroatoms. The Balaban J connectivity index is 1.33. The number of thiophene rings is 1. The summed E-state index contributed by atoms with van der Waals surface area (Å²) < 4.78 is 6.33. The van der Waals surface area contributed by atoms with Crippen molar-refractivity contribution in [2.24, 2.45) is 0 Å². The van der Waals surface area contributed by atoms with Gasteiger partial charge in [-0.3, -0.25) is 4.79 Å². The van der Waals surface area contributed by atoms with E-state index in [-0.39, 0.29) is 11.9 Å². The van der Waals surface area contributed by atoms with Gasteiger partial charge >= 0.3 is 0 Å². The highest BCUT2D eigenvalue weighted by molar-refractivity contribution is 8.00. The zero-order chi connectivity index (χ0) is 22.5. The van der Waals surface area contributed by atoms with Crippen molar-refractivity contribution in [2.75, 3.05) is 17.8 Å². The quantitative estimate of drug-likeness (QED) is 0.255. The van der Waals surface area contributed by atoms with Crippen LogP contribution in [-0.2, 0) is 11.2 Å². The number of carbonyl (C=O) groups is 1. The average Bonchev–Trinajstić information content (AvgIpc) is 3.37. The Morgan fingerprint density at radius 2 is 2.09 bits per heavy atom. The van der Waals surface area contributed by atoms with Gasteiger partial charge in [-0.1, -0.05) is 30.0 Å². The van der Waals surface area contributed by atoms with Crippen LogP contribution in [0.3, 0.4) is 0 Å².